The molecule has 0 saturated carbocycles. The van der Waals surface area contributed by atoms with Gasteiger partial charge in [-0.05, 0) is 11.7 Å². The highest BCUT2D eigenvalue weighted by atomic mass is 32.2. The standard InChI is InChI=1S/C7H16OS2/c1-7(2,3)6(9-4)10(5)8/h6H,1-5H3/t6-,10?/m0/s1. The Balaban J connectivity index is 4.22. The molecular weight excluding hydrogens is 164 g/mol. The van der Waals surface area contributed by atoms with Gasteiger partial charge in [-0.2, -0.15) is 0 Å². The molecule has 0 aromatic heterocycles. The zero-order chi connectivity index (χ0) is 8.36. The molecule has 0 radical (unpaired) electrons. The second-order valence-corrected chi connectivity index (χ2v) is 6.14. The fourth-order valence-corrected chi connectivity index (χ4v) is 3.77. The van der Waals surface area contributed by atoms with E-state index in [9.17, 15) is 4.21 Å². The second-order valence-electron chi connectivity index (χ2n) is 3.43. The monoisotopic (exact) mass is 180 g/mol. The lowest BCUT2D eigenvalue weighted by Crippen LogP contribution is -2.26. The summed E-state index contributed by atoms with van der Waals surface area (Å²) in [6.07, 6.45) is 3.78. The SMILES string of the molecule is CS[C@@H](S(C)=O)C(C)(C)C. The van der Waals surface area contributed by atoms with E-state index >= 15 is 0 Å². The van der Waals surface area contributed by atoms with Crippen molar-refractivity contribution in [2.45, 2.75) is 25.4 Å². The summed E-state index contributed by atoms with van der Waals surface area (Å²) in [7, 11) is -0.710. The first kappa shape index (κ1) is 10.5. The Morgan fingerprint density at radius 2 is 1.80 bits per heavy atom. The molecule has 1 nitrogen and oxygen atoms in total. The van der Waals surface area contributed by atoms with Crippen LogP contribution < -0.4 is 0 Å². The van der Waals surface area contributed by atoms with Crippen LogP contribution >= 0.6 is 11.8 Å². The highest BCUT2D eigenvalue weighted by Crippen LogP contribution is 2.30. The Morgan fingerprint density at radius 3 is 1.80 bits per heavy atom. The van der Waals surface area contributed by atoms with Gasteiger partial charge in [-0.25, -0.2) is 0 Å². The molecule has 2 atom stereocenters. The Kier molecular flexibility index (Phi) is 3.95. The first-order valence-corrected chi connectivity index (χ1v) is 6.15. The van der Waals surface area contributed by atoms with Crippen LogP contribution in [0.1, 0.15) is 20.8 Å². The van der Waals surface area contributed by atoms with E-state index < -0.39 is 10.8 Å². The number of hydrogen-bond acceptors (Lipinski definition) is 2. The fourth-order valence-electron chi connectivity index (χ4n) is 0.987. The largest absolute Gasteiger partial charge is 0.259 e. The molecule has 0 rings (SSSR count). The summed E-state index contributed by atoms with van der Waals surface area (Å²) < 4.78 is 11.4. The summed E-state index contributed by atoms with van der Waals surface area (Å²) in [4.78, 5) is 0. The van der Waals surface area contributed by atoms with Gasteiger partial charge in [0.1, 0.15) is 0 Å². The summed E-state index contributed by atoms with van der Waals surface area (Å²) in [5, 5.41) is 0. The molecule has 3 heteroatoms. The van der Waals surface area contributed by atoms with Gasteiger partial charge in [-0.15, -0.1) is 11.8 Å². The lowest BCUT2D eigenvalue weighted by Gasteiger charge is -2.26. The lowest BCUT2D eigenvalue weighted by atomic mass is 10.0. The summed E-state index contributed by atoms with van der Waals surface area (Å²) in [5.74, 6) is 0. The molecule has 10 heavy (non-hydrogen) atoms. The van der Waals surface area contributed by atoms with Gasteiger partial charge in [0.25, 0.3) is 0 Å². The predicted molar refractivity (Wildman–Crippen MR) is 50.8 cm³/mol. The van der Waals surface area contributed by atoms with Crippen LogP contribution in [-0.4, -0.2) is 21.3 Å². The molecular formula is C7H16OS2. The third-order valence-electron chi connectivity index (χ3n) is 1.22. The van der Waals surface area contributed by atoms with Gasteiger partial charge in [0.2, 0.25) is 0 Å². The van der Waals surface area contributed by atoms with Crippen molar-refractivity contribution in [3.63, 3.8) is 0 Å². The van der Waals surface area contributed by atoms with Gasteiger partial charge in [0.15, 0.2) is 0 Å². The molecule has 0 fully saturated rings. The summed E-state index contributed by atoms with van der Waals surface area (Å²) >= 11 is 1.68. The zero-order valence-electron chi connectivity index (χ0n) is 7.30. The average Bonchev–Trinajstić information content (AvgIpc) is 1.60. The maximum atomic E-state index is 11.1. The first-order chi connectivity index (χ1) is 4.39. The zero-order valence-corrected chi connectivity index (χ0v) is 8.94. The maximum absolute atomic E-state index is 11.1. The van der Waals surface area contributed by atoms with E-state index in [0.717, 1.165) is 0 Å². The number of hydrogen-bond donors (Lipinski definition) is 0. The Labute approximate surface area is 70.4 Å². The Bertz CT molecular complexity index is 126. The van der Waals surface area contributed by atoms with Crippen LogP contribution in [0.3, 0.4) is 0 Å². The summed E-state index contributed by atoms with van der Waals surface area (Å²) in [6, 6.07) is 0. The van der Waals surface area contributed by atoms with Crippen LogP contribution in [-0.2, 0) is 10.8 Å². The minimum Gasteiger partial charge on any atom is -0.259 e. The molecule has 0 aromatic carbocycles. The smallest absolute Gasteiger partial charge is 0.0843 e. The third-order valence-corrected chi connectivity index (χ3v) is 5.06. The Morgan fingerprint density at radius 1 is 1.40 bits per heavy atom. The van der Waals surface area contributed by atoms with Crippen molar-refractivity contribution in [3.8, 4) is 0 Å². The molecule has 0 spiro atoms. The summed E-state index contributed by atoms with van der Waals surface area (Å²) in [6.45, 7) is 6.36. The normalized spacial score (nSPS) is 18.5. The summed E-state index contributed by atoms with van der Waals surface area (Å²) in [5.41, 5.74) is 0.152. The van der Waals surface area contributed by atoms with Crippen molar-refractivity contribution in [2.75, 3.05) is 12.5 Å². The number of rotatable bonds is 2. The van der Waals surface area contributed by atoms with E-state index in [-0.39, 0.29) is 10.00 Å². The van der Waals surface area contributed by atoms with E-state index in [1.165, 1.54) is 0 Å². The van der Waals surface area contributed by atoms with Gasteiger partial charge < -0.3 is 0 Å². The van der Waals surface area contributed by atoms with Crippen molar-refractivity contribution in [2.24, 2.45) is 5.41 Å². The predicted octanol–water partition coefficient (Wildman–Crippen LogP) is 2.10. The van der Waals surface area contributed by atoms with Crippen LogP contribution in [0, 0.1) is 5.41 Å². The van der Waals surface area contributed by atoms with Crippen LogP contribution in [0.15, 0.2) is 0 Å². The molecule has 1 unspecified atom stereocenters. The van der Waals surface area contributed by atoms with Gasteiger partial charge in [-0.3, -0.25) is 4.21 Å². The van der Waals surface area contributed by atoms with Crippen molar-refractivity contribution in [1.29, 1.82) is 0 Å². The van der Waals surface area contributed by atoms with Crippen LogP contribution in [0.5, 0.6) is 0 Å². The molecule has 0 N–H and O–H groups in total. The number of thioether (sulfide) groups is 1. The average molecular weight is 180 g/mol. The molecule has 0 heterocycles. The minimum absolute atomic E-state index is 0.152. The molecule has 0 aromatic rings. The van der Waals surface area contributed by atoms with Crippen molar-refractivity contribution < 1.29 is 4.21 Å². The molecule has 0 aliphatic heterocycles. The van der Waals surface area contributed by atoms with E-state index in [4.69, 9.17) is 0 Å². The molecule has 0 aliphatic rings. The van der Waals surface area contributed by atoms with Gasteiger partial charge in [-0.1, -0.05) is 20.8 Å². The van der Waals surface area contributed by atoms with Crippen molar-refractivity contribution >= 4 is 22.6 Å². The van der Waals surface area contributed by atoms with Crippen LogP contribution in [0.2, 0.25) is 0 Å². The fraction of sp³-hybridized carbons (Fsp3) is 1.00. The first-order valence-electron chi connectivity index (χ1n) is 3.24. The second kappa shape index (κ2) is 3.77. The maximum Gasteiger partial charge on any atom is 0.0843 e. The van der Waals surface area contributed by atoms with Crippen molar-refractivity contribution in [1.82, 2.24) is 0 Å². The molecule has 0 bridgehead atoms. The van der Waals surface area contributed by atoms with E-state index in [2.05, 4.69) is 20.8 Å². The molecule has 0 amide bonds. The highest BCUT2D eigenvalue weighted by Gasteiger charge is 2.26. The highest BCUT2D eigenvalue weighted by molar-refractivity contribution is 8.10. The minimum atomic E-state index is -0.710. The van der Waals surface area contributed by atoms with E-state index in [0.29, 0.717) is 0 Å². The quantitative estimate of drug-likeness (QED) is 0.647. The lowest BCUT2D eigenvalue weighted by molar-refractivity contribution is 0.453. The Hall–Kier alpha value is 0.500. The van der Waals surface area contributed by atoms with Gasteiger partial charge >= 0.3 is 0 Å². The topological polar surface area (TPSA) is 17.1 Å². The van der Waals surface area contributed by atoms with Gasteiger partial charge in [0.05, 0.1) is 4.58 Å². The van der Waals surface area contributed by atoms with Crippen LogP contribution in [0.25, 0.3) is 0 Å². The molecule has 62 valence electrons. The van der Waals surface area contributed by atoms with Gasteiger partial charge in [0, 0.05) is 17.1 Å². The third kappa shape index (κ3) is 3.06. The van der Waals surface area contributed by atoms with Crippen molar-refractivity contribution in [3.05, 3.63) is 0 Å². The molecule has 0 aliphatic carbocycles. The van der Waals surface area contributed by atoms with Crippen LogP contribution in [0.4, 0.5) is 0 Å². The van der Waals surface area contributed by atoms with E-state index in [1.807, 2.05) is 6.26 Å². The molecule has 0 saturated heterocycles. The van der Waals surface area contributed by atoms with E-state index in [1.54, 1.807) is 18.0 Å².